The Morgan fingerprint density at radius 3 is 2.65 bits per heavy atom. The molecule has 0 unspecified atom stereocenters. The number of aromatic amines is 1. The monoisotopic (exact) mass is 331 g/mol. The summed E-state index contributed by atoms with van der Waals surface area (Å²) in [5.74, 6) is -0.535. The van der Waals surface area contributed by atoms with Gasteiger partial charge in [-0.1, -0.05) is 23.9 Å². The van der Waals surface area contributed by atoms with Gasteiger partial charge in [0.05, 0.1) is 6.21 Å². The number of carbonyl (C=O) groups excluding carboxylic acids is 1. The van der Waals surface area contributed by atoms with E-state index >= 15 is 0 Å². The van der Waals surface area contributed by atoms with E-state index in [2.05, 4.69) is 20.5 Å². The zero-order valence-electron chi connectivity index (χ0n) is 13.0. The summed E-state index contributed by atoms with van der Waals surface area (Å²) < 4.78 is 0. The van der Waals surface area contributed by atoms with Gasteiger partial charge in [0.1, 0.15) is 5.69 Å². The van der Waals surface area contributed by atoms with Gasteiger partial charge in [-0.15, -0.1) is 0 Å². The molecule has 0 spiro atoms. The van der Waals surface area contributed by atoms with Gasteiger partial charge in [-0.05, 0) is 24.0 Å². The second-order valence-corrected chi connectivity index (χ2v) is 5.62. The fourth-order valence-electron chi connectivity index (χ4n) is 1.73. The Kier molecular flexibility index (Phi) is 5.53. The summed E-state index contributed by atoms with van der Waals surface area (Å²) >= 11 is 1.25. The van der Waals surface area contributed by atoms with Crippen LogP contribution in [-0.2, 0) is 0 Å². The number of hydrazone groups is 1. The Morgan fingerprint density at radius 1 is 1.35 bits per heavy atom. The molecule has 0 saturated carbocycles. The summed E-state index contributed by atoms with van der Waals surface area (Å²) in [4.78, 5) is 31.9. The lowest BCUT2D eigenvalue weighted by Crippen LogP contribution is -2.22. The molecule has 0 fully saturated rings. The molecule has 7 nitrogen and oxygen atoms in total. The molecule has 0 aliphatic heterocycles. The van der Waals surface area contributed by atoms with E-state index in [1.807, 2.05) is 43.3 Å². The van der Waals surface area contributed by atoms with Gasteiger partial charge in [0, 0.05) is 25.8 Å². The zero-order chi connectivity index (χ0) is 16.8. The van der Waals surface area contributed by atoms with Crippen LogP contribution in [0.5, 0.6) is 0 Å². The lowest BCUT2D eigenvalue weighted by molar-refractivity contribution is 0.0949. The van der Waals surface area contributed by atoms with Crippen molar-refractivity contribution in [3.8, 4) is 0 Å². The Balaban J connectivity index is 2.03. The number of H-pyrrole nitrogens is 1. The molecule has 2 N–H and O–H groups in total. The minimum Gasteiger partial charge on any atom is -0.378 e. The molecule has 1 amide bonds. The molecule has 0 aliphatic rings. The van der Waals surface area contributed by atoms with Gasteiger partial charge in [-0.3, -0.25) is 9.59 Å². The number of amides is 1. The van der Waals surface area contributed by atoms with Gasteiger partial charge >= 0.3 is 0 Å². The van der Waals surface area contributed by atoms with E-state index in [0.29, 0.717) is 5.16 Å². The zero-order valence-corrected chi connectivity index (χ0v) is 13.8. The van der Waals surface area contributed by atoms with Gasteiger partial charge in [0.15, 0.2) is 5.16 Å². The van der Waals surface area contributed by atoms with Crippen LogP contribution in [0, 0.1) is 0 Å². The maximum absolute atomic E-state index is 11.9. The number of nitrogens with zero attached hydrogens (tertiary/aromatic N) is 3. The molecule has 0 aliphatic carbocycles. The lowest BCUT2D eigenvalue weighted by atomic mass is 10.2. The fraction of sp³-hybridized carbons (Fsp3) is 0.200. The third-order valence-electron chi connectivity index (χ3n) is 2.94. The van der Waals surface area contributed by atoms with Crippen LogP contribution in [0.2, 0.25) is 0 Å². The highest BCUT2D eigenvalue weighted by Crippen LogP contribution is 2.10. The van der Waals surface area contributed by atoms with Gasteiger partial charge in [-0.25, -0.2) is 10.4 Å². The first-order chi connectivity index (χ1) is 11.0. The summed E-state index contributed by atoms with van der Waals surface area (Å²) in [7, 11) is 3.92. The molecular formula is C15H17N5O2S. The van der Waals surface area contributed by atoms with E-state index in [0.717, 1.165) is 17.3 Å². The number of rotatable bonds is 5. The molecular weight excluding hydrogens is 314 g/mol. The quantitative estimate of drug-likeness (QED) is 0.373. The fourth-order valence-corrected chi connectivity index (χ4v) is 2.12. The highest BCUT2D eigenvalue weighted by atomic mass is 32.2. The molecule has 0 bridgehead atoms. The first-order valence-corrected chi connectivity index (χ1v) is 7.98. The van der Waals surface area contributed by atoms with Crippen molar-refractivity contribution in [1.29, 1.82) is 0 Å². The maximum atomic E-state index is 11.9. The summed E-state index contributed by atoms with van der Waals surface area (Å²) in [5, 5.41) is 4.26. The van der Waals surface area contributed by atoms with Crippen molar-refractivity contribution in [3.63, 3.8) is 0 Å². The molecule has 0 atom stereocenters. The summed E-state index contributed by atoms with van der Waals surface area (Å²) in [5.41, 5.74) is 3.93. The van der Waals surface area contributed by atoms with Crippen LogP contribution >= 0.6 is 11.8 Å². The molecule has 0 saturated heterocycles. The molecule has 23 heavy (non-hydrogen) atoms. The second kappa shape index (κ2) is 7.59. The van der Waals surface area contributed by atoms with Crippen molar-refractivity contribution in [2.45, 2.75) is 5.16 Å². The molecule has 2 aromatic rings. The van der Waals surface area contributed by atoms with Crippen molar-refractivity contribution in [2.24, 2.45) is 5.10 Å². The predicted molar refractivity (Wildman–Crippen MR) is 92.5 cm³/mol. The number of benzene rings is 1. The number of hydrogen-bond acceptors (Lipinski definition) is 6. The highest BCUT2D eigenvalue weighted by molar-refractivity contribution is 7.98. The largest absolute Gasteiger partial charge is 0.378 e. The Hall–Kier alpha value is -2.61. The second-order valence-electron chi connectivity index (χ2n) is 4.82. The van der Waals surface area contributed by atoms with Crippen molar-refractivity contribution < 1.29 is 4.79 Å². The van der Waals surface area contributed by atoms with Crippen molar-refractivity contribution in [2.75, 3.05) is 25.3 Å². The lowest BCUT2D eigenvalue weighted by Gasteiger charge is -2.11. The van der Waals surface area contributed by atoms with E-state index in [-0.39, 0.29) is 11.3 Å². The molecule has 1 heterocycles. The van der Waals surface area contributed by atoms with Gasteiger partial charge in [0.25, 0.3) is 11.5 Å². The Labute approximate surface area is 137 Å². The minimum atomic E-state index is -0.535. The van der Waals surface area contributed by atoms with Crippen LogP contribution < -0.4 is 15.9 Å². The summed E-state index contributed by atoms with van der Waals surface area (Å²) in [6, 6.07) is 8.82. The van der Waals surface area contributed by atoms with Crippen LogP contribution in [-0.4, -0.2) is 42.4 Å². The van der Waals surface area contributed by atoms with Crippen LogP contribution in [0.15, 0.2) is 45.4 Å². The molecule has 2 rings (SSSR count). The number of hydrogen-bond donors (Lipinski definition) is 2. The number of thioether (sulfide) groups is 1. The van der Waals surface area contributed by atoms with Crippen molar-refractivity contribution >= 4 is 29.6 Å². The molecule has 1 aromatic carbocycles. The molecule has 120 valence electrons. The van der Waals surface area contributed by atoms with Crippen LogP contribution in [0.25, 0.3) is 0 Å². The van der Waals surface area contributed by atoms with E-state index in [1.165, 1.54) is 18.0 Å². The third kappa shape index (κ3) is 4.68. The number of nitrogens with one attached hydrogen (secondary N) is 2. The van der Waals surface area contributed by atoms with Gasteiger partial charge in [0.2, 0.25) is 0 Å². The topological polar surface area (TPSA) is 90.4 Å². The molecule has 1 aromatic heterocycles. The first-order valence-electron chi connectivity index (χ1n) is 6.76. The van der Waals surface area contributed by atoms with Crippen LogP contribution in [0.3, 0.4) is 0 Å². The van der Waals surface area contributed by atoms with E-state index < -0.39 is 5.91 Å². The van der Waals surface area contributed by atoms with Crippen molar-refractivity contribution in [3.05, 3.63) is 51.9 Å². The number of carbonyl (C=O) groups is 1. The Morgan fingerprint density at radius 2 is 2.04 bits per heavy atom. The van der Waals surface area contributed by atoms with Crippen molar-refractivity contribution in [1.82, 2.24) is 15.4 Å². The van der Waals surface area contributed by atoms with E-state index in [1.54, 1.807) is 6.26 Å². The Bertz CT molecular complexity index is 768. The van der Waals surface area contributed by atoms with Gasteiger partial charge in [-0.2, -0.15) is 5.10 Å². The van der Waals surface area contributed by atoms with E-state index in [9.17, 15) is 9.59 Å². The average Bonchev–Trinajstić information content (AvgIpc) is 2.54. The van der Waals surface area contributed by atoms with E-state index in [4.69, 9.17) is 0 Å². The third-order valence-corrected chi connectivity index (χ3v) is 3.52. The first kappa shape index (κ1) is 16.8. The number of aromatic nitrogens is 2. The molecule has 0 radical (unpaired) electrons. The normalized spacial score (nSPS) is 10.7. The maximum Gasteiger partial charge on any atom is 0.290 e. The average molecular weight is 331 g/mol. The minimum absolute atomic E-state index is 0.0261. The number of anilines is 1. The van der Waals surface area contributed by atoms with Gasteiger partial charge < -0.3 is 9.88 Å². The predicted octanol–water partition coefficient (Wildman–Crippen LogP) is 1.32. The van der Waals surface area contributed by atoms with Crippen LogP contribution in [0.1, 0.15) is 16.1 Å². The smallest absolute Gasteiger partial charge is 0.290 e. The molecule has 8 heteroatoms. The SMILES string of the molecule is CSc1nc(C(=O)N/N=C/c2ccc(N(C)C)cc2)cc(=O)[nH]1. The highest BCUT2D eigenvalue weighted by Gasteiger charge is 2.08. The summed E-state index contributed by atoms with van der Waals surface area (Å²) in [6.07, 6.45) is 3.29. The summed E-state index contributed by atoms with van der Waals surface area (Å²) in [6.45, 7) is 0. The standard InChI is InChI=1S/C15H17N5O2S/c1-20(2)11-6-4-10(5-7-11)9-16-19-14(22)12-8-13(21)18-15(17-12)23-3/h4-9H,1-3H3,(H,19,22)(H,17,18,21)/b16-9+. The van der Waals surface area contributed by atoms with Crippen LogP contribution in [0.4, 0.5) is 5.69 Å².